The third-order valence-corrected chi connectivity index (χ3v) is 3.24. The molecule has 1 atom stereocenters. The molecular weight excluding hydrogens is 220 g/mol. The smallest absolute Gasteiger partial charge is 0.119 e. The molecule has 0 aliphatic rings. The number of hydrogen-bond donors (Lipinski definition) is 1. The lowest BCUT2D eigenvalue weighted by Gasteiger charge is -2.09. The van der Waals surface area contributed by atoms with Gasteiger partial charge in [-0.05, 0) is 36.1 Å². The Hall–Kier alpha value is -1.32. The van der Waals surface area contributed by atoms with E-state index in [1.54, 1.807) is 11.3 Å². The van der Waals surface area contributed by atoms with Crippen LogP contribution in [0, 0.1) is 0 Å². The number of ether oxygens (including phenoxy) is 1. The molecule has 0 saturated heterocycles. The Kier molecular flexibility index (Phi) is 3.59. The maximum atomic E-state index is 10.1. The molecule has 3 heteroatoms. The molecule has 0 fully saturated rings. The highest BCUT2D eigenvalue weighted by Gasteiger charge is 2.10. The molecule has 1 aromatic heterocycles. The van der Waals surface area contributed by atoms with Gasteiger partial charge in [0.2, 0.25) is 0 Å². The molecule has 1 N–H and O–H groups in total. The monoisotopic (exact) mass is 234 g/mol. The summed E-state index contributed by atoms with van der Waals surface area (Å²) in [7, 11) is 0. The van der Waals surface area contributed by atoms with Crippen molar-refractivity contribution < 1.29 is 9.84 Å². The number of aliphatic hydroxyl groups excluding tert-OH is 1. The minimum atomic E-state index is -0.532. The molecule has 0 saturated carbocycles. The minimum absolute atomic E-state index is 0.532. The van der Waals surface area contributed by atoms with E-state index in [-0.39, 0.29) is 0 Å². The van der Waals surface area contributed by atoms with Crippen LogP contribution < -0.4 is 4.74 Å². The van der Waals surface area contributed by atoms with Gasteiger partial charge in [0.25, 0.3) is 0 Å². The van der Waals surface area contributed by atoms with Crippen molar-refractivity contribution in [3.8, 4) is 5.75 Å². The lowest BCUT2D eigenvalue weighted by Crippen LogP contribution is -1.97. The van der Waals surface area contributed by atoms with Crippen molar-refractivity contribution in [1.82, 2.24) is 0 Å². The van der Waals surface area contributed by atoms with Crippen LogP contribution in [0.3, 0.4) is 0 Å². The van der Waals surface area contributed by atoms with E-state index in [2.05, 4.69) is 0 Å². The van der Waals surface area contributed by atoms with Gasteiger partial charge in [0.05, 0.1) is 6.61 Å². The molecule has 0 radical (unpaired) electrons. The van der Waals surface area contributed by atoms with Crippen LogP contribution in [0.15, 0.2) is 41.8 Å². The zero-order valence-corrected chi connectivity index (χ0v) is 9.91. The van der Waals surface area contributed by atoms with Crippen LogP contribution in [-0.4, -0.2) is 11.7 Å². The first kappa shape index (κ1) is 11.2. The zero-order valence-electron chi connectivity index (χ0n) is 9.09. The molecule has 0 bridgehead atoms. The number of benzene rings is 1. The number of aliphatic hydroxyl groups is 1. The Morgan fingerprint density at radius 3 is 2.56 bits per heavy atom. The lowest BCUT2D eigenvalue weighted by atomic mass is 10.1. The third-order valence-electron chi connectivity index (χ3n) is 2.32. The van der Waals surface area contributed by atoms with Gasteiger partial charge in [0, 0.05) is 4.88 Å². The maximum Gasteiger partial charge on any atom is 0.119 e. The van der Waals surface area contributed by atoms with Gasteiger partial charge in [-0.3, -0.25) is 0 Å². The quantitative estimate of drug-likeness (QED) is 0.880. The predicted molar refractivity (Wildman–Crippen MR) is 66.0 cm³/mol. The summed E-state index contributed by atoms with van der Waals surface area (Å²) >= 11 is 1.56. The molecule has 2 nitrogen and oxygen atoms in total. The van der Waals surface area contributed by atoms with E-state index in [1.807, 2.05) is 48.7 Å². The summed E-state index contributed by atoms with van der Waals surface area (Å²) < 4.78 is 5.35. The fraction of sp³-hybridized carbons (Fsp3) is 0.231. The summed E-state index contributed by atoms with van der Waals surface area (Å²) in [5.41, 5.74) is 0.894. The van der Waals surface area contributed by atoms with E-state index in [4.69, 9.17) is 4.74 Å². The van der Waals surface area contributed by atoms with Crippen molar-refractivity contribution in [1.29, 1.82) is 0 Å². The van der Waals surface area contributed by atoms with Gasteiger partial charge >= 0.3 is 0 Å². The van der Waals surface area contributed by atoms with Crippen LogP contribution in [0.1, 0.15) is 23.5 Å². The van der Waals surface area contributed by atoms with Gasteiger partial charge in [0.1, 0.15) is 11.9 Å². The van der Waals surface area contributed by atoms with Gasteiger partial charge in [-0.25, -0.2) is 0 Å². The Balaban J connectivity index is 2.15. The molecule has 1 aromatic carbocycles. The van der Waals surface area contributed by atoms with Crippen LogP contribution in [-0.2, 0) is 0 Å². The molecule has 0 spiro atoms. The van der Waals surface area contributed by atoms with Crippen molar-refractivity contribution in [2.45, 2.75) is 13.0 Å². The van der Waals surface area contributed by atoms with Gasteiger partial charge < -0.3 is 9.84 Å². The third kappa shape index (κ3) is 2.43. The second-order valence-corrected chi connectivity index (χ2v) is 4.40. The molecule has 0 amide bonds. The fourth-order valence-electron chi connectivity index (χ4n) is 1.52. The molecule has 2 aromatic rings. The van der Waals surface area contributed by atoms with E-state index >= 15 is 0 Å². The average molecular weight is 234 g/mol. The second kappa shape index (κ2) is 5.14. The second-order valence-electron chi connectivity index (χ2n) is 3.42. The highest BCUT2D eigenvalue weighted by Crippen LogP contribution is 2.26. The van der Waals surface area contributed by atoms with E-state index in [0.29, 0.717) is 6.61 Å². The Morgan fingerprint density at radius 1 is 1.25 bits per heavy atom. The largest absolute Gasteiger partial charge is 0.494 e. The highest BCUT2D eigenvalue weighted by molar-refractivity contribution is 7.10. The van der Waals surface area contributed by atoms with Gasteiger partial charge in [-0.2, -0.15) is 0 Å². The van der Waals surface area contributed by atoms with Crippen molar-refractivity contribution in [3.05, 3.63) is 52.2 Å². The summed E-state index contributed by atoms with van der Waals surface area (Å²) in [4.78, 5) is 0.962. The summed E-state index contributed by atoms with van der Waals surface area (Å²) in [5.74, 6) is 0.838. The normalized spacial score (nSPS) is 12.4. The number of hydrogen-bond acceptors (Lipinski definition) is 3. The molecular formula is C13H14O2S. The number of thiophene rings is 1. The standard InChI is InChI=1S/C13H14O2S/c1-2-15-11-7-5-10(6-8-11)13(14)12-4-3-9-16-12/h3-9,13-14H,2H2,1H3. The van der Waals surface area contributed by atoms with E-state index in [0.717, 1.165) is 16.2 Å². The topological polar surface area (TPSA) is 29.5 Å². The van der Waals surface area contributed by atoms with Crippen molar-refractivity contribution in [2.75, 3.05) is 6.61 Å². The summed E-state index contributed by atoms with van der Waals surface area (Å²) in [5, 5.41) is 12.0. The van der Waals surface area contributed by atoms with E-state index < -0.39 is 6.10 Å². The maximum absolute atomic E-state index is 10.1. The minimum Gasteiger partial charge on any atom is -0.494 e. The van der Waals surface area contributed by atoms with E-state index in [9.17, 15) is 5.11 Å². The SMILES string of the molecule is CCOc1ccc(C(O)c2cccs2)cc1. The Labute approximate surface area is 99.1 Å². The van der Waals surface area contributed by atoms with Crippen molar-refractivity contribution in [3.63, 3.8) is 0 Å². The first-order valence-corrected chi connectivity index (χ1v) is 6.13. The number of rotatable bonds is 4. The summed E-state index contributed by atoms with van der Waals surface area (Å²) in [6.07, 6.45) is -0.532. The molecule has 84 valence electrons. The highest BCUT2D eigenvalue weighted by atomic mass is 32.1. The van der Waals surface area contributed by atoms with Gasteiger partial charge in [0.15, 0.2) is 0 Å². The summed E-state index contributed by atoms with van der Waals surface area (Å²) in [6, 6.07) is 11.4. The van der Waals surface area contributed by atoms with Crippen LogP contribution in [0.25, 0.3) is 0 Å². The van der Waals surface area contributed by atoms with Crippen LogP contribution in [0.2, 0.25) is 0 Å². The molecule has 16 heavy (non-hydrogen) atoms. The Bertz CT molecular complexity index is 420. The van der Waals surface area contributed by atoms with E-state index in [1.165, 1.54) is 0 Å². The van der Waals surface area contributed by atoms with Crippen LogP contribution in [0.4, 0.5) is 0 Å². The average Bonchev–Trinajstić information content (AvgIpc) is 2.83. The molecule has 0 aliphatic carbocycles. The lowest BCUT2D eigenvalue weighted by molar-refractivity contribution is 0.224. The van der Waals surface area contributed by atoms with Crippen LogP contribution >= 0.6 is 11.3 Å². The van der Waals surface area contributed by atoms with Crippen molar-refractivity contribution in [2.24, 2.45) is 0 Å². The predicted octanol–water partition coefficient (Wildman–Crippen LogP) is 3.23. The molecule has 2 rings (SSSR count). The molecule has 1 heterocycles. The Morgan fingerprint density at radius 2 is 2.00 bits per heavy atom. The van der Waals surface area contributed by atoms with Crippen LogP contribution in [0.5, 0.6) is 5.75 Å². The first-order chi connectivity index (χ1) is 7.81. The van der Waals surface area contributed by atoms with Crippen molar-refractivity contribution >= 4 is 11.3 Å². The van der Waals surface area contributed by atoms with Gasteiger partial charge in [-0.15, -0.1) is 11.3 Å². The first-order valence-electron chi connectivity index (χ1n) is 5.25. The zero-order chi connectivity index (χ0) is 11.4. The molecule has 0 aliphatic heterocycles. The molecule has 1 unspecified atom stereocenters. The summed E-state index contributed by atoms with van der Waals surface area (Å²) in [6.45, 7) is 2.61. The van der Waals surface area contributed by atoms with Gasteiger partial charge in [-0.1, -0.05) is 18.2 Å². The fourth-order valence-corrected chi connectivity index (χ4v) is 2.26.